The Kier molecular flexibility index (Phi) is 4.02. The van der Waals surface area contributed by atoms with E-state index in [4.69, 9.17) is 0 Å². The number of benzene rings is 1. The van der Waals surface area contributed by atoms with E-state index in [-0.39, 0.29) is 11.5 Å². The van der Waals surface area contributed by atoms with Crippen molar-refractivity contribution in [3.8, 4) is 0 Å². The van der Waals surface area contributed by atoms with Crippen LogP contribution in [0.4, 0.5) is 4.39 Å². The Morgan fingerprint density at radius 3 is 2.83 bits per heavy atom. The fourth-order valence-electron chi connectivity index (χ4n) is 2.19. The third kappa shape index (κ3) is 2.57. The smallest absolute Gasteiger partial charge is 0.256 e. The van der Waals surface area contributed by atoms with E-state index < -0.39 is 5.82 Å². The number of carbonyl (C=O) groups is 1. The van der Waals surface area contributed by atoms with E-state index in [2.05, 4.69) is 20.8 Å². The van der Waals surface area contributed by atoms with Crippen molar-refractivity contribution in [3.05, 3.63) is 34.1 Å². The first kappa shape index (κ1) is 13.5. The SMILES string of the molecule is CN(C)C1CCN(C(=O)c2cccc(Br)c2F)C1. The highest BCUT2D eigenvalue weighted by atomic mass is 79.9. The van der Waals surface area contributed by atoms with Crippen molar-refractivity contribution >= 4 is 21.8 Å². The number of amides is 1. The Balaban J connectivity index is 2.16. The topological polar surface area (TPSA) is 23.6 Å². The summed E-state index contributed by atoms with van der Waals surface area (Å²) in [5.41, 5.74) is 0.142. The van der Waals surface area contributed by atoms with Crippen LogP contribution >= 0.6 is 15.9 Å². The minimum atomic E-state index is -0.476. The predicted molar refractivity (Wildman–Crippen MR) is 72.1 cm³/mol. The van der Waals surface area contributed by atoms with Crippen molar-refractivity contribution in [2.75, 3.05) is 27.2 Å². The molecule has 1 amide bonds. The first-order valence-electron chi connectivity index (χ1n) is 5.90. The molecule has 1 aromatic rings. The summed E-state index contributed by atoms with van der Waals surface area (Å²) in [6, 6.07) is 5.17. The zero-order chi connectivity index (χ0) is 13.3. The van der Waals surface area contributed by atoms with Gasteiger partial charge in [-0.1, -0.05) is 6.07 Å². The monoisotopic (exact) mass is 314 g/mol. The van der Waals surface area contributed by atoms with E-state index in [9.17, 15) is 9.18 Å². The van der Waals surface area contributed by atoms with Crippen molar-refractivity contribution < 1.29 is 9.18 Å². The van der Waals surface area contributed by atoms with E-state index in [1.165, 1.54) is 6.07 Å². The molecule has 1 aromatic carbocycles. The van der Waals surface area contributed by atoms with E-state index in [0.29, 0.717) is 23.6 Å². The fraction of sp³-hybridized carbons (Fsp3) is 0.462. The number of likely N-dealkylation sites (N-methyl/N-ethyl adjacent to an activating group) is 1. The van der Waals surface area contributed by atoms with Crippen LogP contribution in [-0.2, 0) is 0 Å². The van der Waals surface area contributed by atoms with Gasteiger partial charge in [0.15, 0.2) is 0 Å². The third-order valence-electron chi connectivity index (χ3n) is 3.36. The highest BCUT2D eigenvalue weighted by molar-refractivity contribution is 9.10. The van der Waals surface area contributed by atoms with Gasteiger partial charge in [-0.3, -0.25) is 4.79 Å². The molecule has 1 aliphatic rings. The van der Waals surface area contributed by atoms with Crippen LogP contribution in [0, 0.1) is 5.82 Å². The van der Waals surface area contributed by atoms with Gasteiger partial charge in [-0.25, -0.2) is 4.39 Å². The van der Waals surface area contributed by atoms with Crippen LogP contribution in [0.2, 0.25) is 0 Å². The summed E-state index contributed by atoms with van der Waals surface area (Å²) in [4.78, 5) is 16.1. The summed E-state index contributed by atoms with van der Waals surface area (Å²) in [6.45, 7) is 1.35. The first-order chi connectivity index (χ1) is 8.50. The molecule has 18 heavy (non-hydrogen) atoms. The lowest BCUT2D eigenvalue weighted by molar-refractivity contribution is 0.0778. The van der Waals surface area contributed by atoms with Crippen LogP contribution in [-0.4, -0.2) is 48.9 Å². The summed E-state index contributed by atoms with van der Waals surface area (Å²) >= 11 is 3.10. The average molecular weight is 315 g/mol. The lowest BCUT2D eigenvalue weighted by atomic mass is 10.2. The number of hydrogen-bond acceptors (Lipinski definition) is 2. The zero-order valence-electron chi connectivity index (χ0n) is 10.5. The Morgan fingerprint density at radius 2 is 2.22 bits per heavy atom. The van der Waals surface area contributed by atoms with Gasteiger partial charge in [-0.2, -0.15) is 0 Å². The summed E-state index contributed by atoms with van der Waals surface area (Å²) < 4.78 is 14.2. The van der Waals surface area contributed by atoms with Crippen molar-refractivity contribution in [2.45, 2.75) is 12.5 Å². The van der Waals surface area contributed by atoms with Gasteiger partial charge in [0.1, 0.15) is 5.82 Å². The van der Waals surface area contributed by atoms with Crippen LogP contribution in [0.25, 0.3) is 0 Å². The number of carbonyl (C=O) groups excluding carboxylic acids is 1. The molecule has 0 saturated carbocycles. The minimum Gasteiger partial charge on any atom is -0.337 e. The van der Waals surface area contributed by atoms with E-state index >= 15 is 0 Å². The zero-order valence-corrected chi connectivity index (χ0v) is 12.1. The molecule has 1 atom stereocenters. The molecule has 1 aliphatic heterocycles. The predicted octanol–water partition coefficient (Wildman–Crippen LogP) is 2.36. The van der Waals surface area contributed by atoms with Crippen LogP contribution in [0.5, 0.6) is 0 Å². The lowest BCUT2D eigenvalue weighted by Crippen LogP contribution is -2.34. The molecular weight excluding hydrogens is 299 g/mol. The highest BCUT2D eigenvalue weighted by Crippen LogP contribution is 2.22. The number of halogens is 2. The molecule has 5 heteroatoms. The highest BCUT2D eigenvalue weighted by Gasteiger charge is 2.29. The van der Waals surface area contributed by atoms with E-state index in [1.54, 1.807) is 17.0 Å². The van der Waals surface area contributed by atoms with Gasteiger partial charge in [0.2, 0.25) is 0 Å². The largest absolute Gasteiger partial charge is 0.337 e. The number of rotatable bonds is 2. The molecular formula is C13H16BrFN2O. The van der Waals surface area contributed by atoms with Gasteiger partial charge in [-0.15, -0.1) is 0 Å². The molecule has 0 N–H and O–H groups in total. The second-order valence-corrected chi connectivity index (χ2v) is 5.61. The maximum absolute atomic E-state index is 13.9. The average Bonchev–Trinajstić information content (AvgIpc) is 2.81. The molecule has 98 valence electrons. The maximum Gasteiger partial charge on any atom is 0.256 e. The summed E-state index contributed by atoms with van der Waals surface area (Å²) in [5.74, 6) is -0.700. The minimum absolute atomic E-state index is 0.142. The first-order valence-corrected chi connectivity index (χ1v) is 6.69. The van der Waals surface area contributed by atoms with E-state index in [0.717, 1.165) is 6.42 Å². The molecule has 0 aliphatic carbocycles. The van der Waals surface area contributed by atoms with Gasteiger partial charge < -0.3 is 9.80 Å². The fourth-order valence-corrected chi connectivity index (χ4v) is 2.55. The van der Waals surface area contributed by atoms with Gasteiger partial charge in [0.25, 0.3) is 5.91 Å². The molecule has 0 aromatic heterocycles. The number of nitrogens with zero attached hydrogens (tertiary/aromatic N) is 2. The second kappa shape index (κ2) is 5.36. The molecule has 0 spiro atoms. The molecule has 3 nitrogen and oxygen atoms in total. The van der Waals surface area contributed by atoms with E-state index in [1.807, 2.05) is 14.1 Å². The van der Waals surface area contributed by atoms with Gasteiger partial charge in [-0.05, 0) is 48.6 Å². The molecule has 1 saturated heterocycles. The van der Waals surface area contributed by atoms with Crippen LogP contribution in [0.1, 0.15) is 16.8 Å². The van der Waals surface area contributed by atoms with Crippen LogP contribution in [0.3, 0.4) is 0 Å². The normalized spacial score (nSPS) is 19.6. The van der Waals surface area contributed by atoms with Crippen molar-refractivity contribution in [1.82, 2.24) is 9.80 Å². The van der Waals surface area contributed by atoms with Crippen molar-refractivity contribution in [1.29, 1.82) is 0 Å². The van der Waals surface area contributed by atoms with Gasteiger partial charge in [0.05, 0.1) is 10.0 Å². The van der Waals surface area contributed by atoms with Gasteiger partial charge >= 0.3 is 0 Å². The Bertz CT molecular complexity index is 464. The van der Waals surface area contributed by atoms with Crippen LogP contribution in [0.15, 0.2) is 22.7 Å². The molecule has 1 heterocycles. The van der Waals surface area contributed by atoms with Crippen molar-refractivity contribution in [3.63, 3.8) is 0 Å². The molecule has 1 unspecified atom stereocenters. The summed E-state index contributed by atoms with van der Waals surface area (Å²) in [7, 11) is 4.00. The quantitative estimate of drug-likeness (QED) is 0.836. The van der Waals surface area contributed by atoms with Gasteiger partial charge in [0, 0.05) is 19.1 Å². The summed E-state index contributed by atoms with van der Waals surface area (Å²) in [6.07, 6.45) is 0.939. The molecule has 0 bridgehead atoms. The number of likely N-dealkylation sites (tertiary alicyclic amines) is 1. The second-order valence-electron chi connectivity index (χ2n) is 4.76. The molecule has 2 rings (SSSR count). The standard InChI is InChI=1S/C13H16BrFN2O/c1-16(2)9-6-7-17(8-9)13(18)10-4-3-5-11(14)12(10)15/h3-5,9H,6-8H2,1-2H3. The Morgan fingerprint density at radius 1 is 1.50 bits per heavy atom. The Labute approximate surface area is 115 Å². The maximum atomic E-state index is 13.9. The molecule has 1 fully saturated rings. The van der Waals surface area contributed by atoms with Crippen molar-refractivity contribution in [2.24, 2.45) is 0 Å². The summed E-state index contributed by atoms with van der Waals surface area (Å²) in [5, 5.41) is 0. The Hall–Kier alpha value is -0.940. The number of hydrogen-bond donors (Lipinski definition) is 0. The third-order valence-corrected chi connectivity index (χ3v) is 3.98. The van der Waals surface area contributed by atoms with Crippen LogP contribution < -0.4 is 0 Å². The molecule has 0 radical (unpaired) electrons. The lowest BCUT2D eigenvalue weighted by Gasteiger charge is -2.20.